The molecule has 14 nitrogen and oxygen atoms in total. The first kappa shape index (κ1) is 29.1. The Morgan fingerprint density at radius 3 is 2.15 bits per heavy atom. The third-order valence-corrected chi connectivity index (χ3v) is 7.88. The Kier molecular flexibility index (Phi) is 8.19. The number of fused-ring (bicyclic) bond motifs is 1. The van der Waals surface area contributed by atoms with E-state index >= 15 is 0 Å². The topological polar surface area (TPSA) is 220 Å². The van der Waals surface area contributed by atoms with E-state index in [1.807, 2.05) is 0 Å². The monoisotopic (exact) mass is 608 g/mol. The van der Waals surface area contributed by atoms with Crippen LogP contribution >= 0.6 is 12.0 Å². The van der Waals surface area contributed by atoms with Gasteiger partial charge in [0.1, 0.15) is 9.79 Å². The zero-order valence-electron chi connectivity index (χ0n) is 19.6. The Balaban J connectivity index is 1.81. The number of rotatable bonds is 9. The fourth-order valence-corrected chi connectivity index (χ4v) is 5.85. The average molecular weight is 609 g/mol. The Labute approximate surface area is 229 Å². The molecule has 0 atom stereocenters. The van der Waals surface area contributed by atoms with Crippen LogP contribution in [0.4, 0.5) is 11.4 Å². The Bertz CT molecular complexity index is 1860. The molecule has 17 heteroatoms. The van der Waals surface area contributed by atoms with Crippen molar-refractivity contribution in [2.75, 3.05) is 5.32 Å². The van der Waals surface area contributed by atoms with Crippen LogP contribution in [-0.2, 0) is 29.6 Å². The van der Waals surface area contributed by atoms with Crippen molar-refractivity contribution >= 4 is 60.3 Å². The number of anilines is 1. The summed E-state index contributed by atoms with van der Waals surface area (Å²) in [6.45, 7) is 0. The molecule has 0 saturated carbocycles. The number of benzene rings is 4. The summed E-state index contributed by atoms with van der Waals surface area (Å²) in [5.41, 5.74) is 0.409. The highest BCUT2D eigenvalue weighted by atomic mass is 32.2. The summed E-state index contributed by atoms with van der Waals surface area (Å²) in [7, 11) is -10.00. The molecule has 0 fully saturated rings. The van der Waals surface area contributed by atoms with Crippen molar-refractivity contribution in [3.8, 4) is 11.1 Å². The molecule has 0 saturated heterocycles. The van der Waals surface area contributed by atoms with Crippen molar-refractivity contribution in [1.29, 1.82) is 0 Å². The number of para-hydroxylation sites is 1. The second kappa shape index (κ2) is 11.3. The summed E-state index contributed by atoms with van der Waals surface area (Å²) in [6, 6.07) is 15.5. The molecule has 208 valence electrons. The minimum atomic E-state index is -5.06. The molecule has 4 aromatic carbocycles. The molecule has 0 spiro atoms. The molecule has 40 heavy (non-hydrogen) atoms. The molecule has 0 aromatic heterocycles. The molecule has 4 rings (SSSR count). The van der Waals surface area contributed by atoms with E-state index < -0.39 is 51.6 Å². The van der Waals surface area contributed by atoms with Crippen LogP contribution in [0.3, 0.4) is 0 Å². The van der Waals surface area contributed by atoms with Gasteiger partial charge in [-0.25, -0.2) is 5.26 Å². The third-order valence-electron chi connectivity index (χ3n) is 5.54. The number of nitro benzene ring substituents is 1. The van der Waals surface area contributed by atoms with Crippen molar-refractivity contribution in [2.24, 2.45) is 0 Å². The normalized spacial score (nSPS) is 11.9. The van der Waals surface area contributed by atoms with Gasteiger partial charge in [-0.2, -0.15) is 16.8 Å². The number of nitrogens with one attached hydrogen (secondary N) is 1. The number of hydrogen-bond donors (Lipinski definition) is 4. The molecule has 0 bridgehead atoms. The molecule has 4 aromatic rings. The van der Waals surface area contributed by atoms with E-state index in [9.17, 15) is 40.8 Å². The molecule has 0 heterocycles. The summed E-state index contributed by atoms with van der Waals surface area (Å²) >= 11 is 0.250. The van der Waals surface area contributed by atoms with Crippen LogP contribution in [0.1, 0.15) is 10.4 Å². The third kappa shape index (κ3) is 6.11. The smallest absolute Gasteiger partial charge is 0.295 e. The van der Waals surface area contributed by atoms with Crippen molar-refractivity contribution in [2.45, 2.75) is 14.7 Å². The Hall–Kier alpha value is -3.94. The molecule has 0 unspecified atom stereocenters. The van der Waals surface area contributed by atoms with Crippen LogP contribution in [-0.4, -0.2) is 42.0 Å². The van der Waals surface area contributed by atoms with Crippen molar-refractivity contribution in [3.05, 3.63) is 88.5 Å². The van der Waals surface area contributed by atoms with Crippen LogP contribution in [0.2, 0.25) is 0 Å². The maximum absolute atomic E-state index is 13.1. The van der Waals surface area contributed by atoms with Crippen LogP contribution in [0.25, 0.3) is 21.9 Å². The lowest BCUT2D eigenvalue weighted by molar-refractivity contribution is -0.432. The van der Waals surface area contributed by atoms with Gasteiger partial charge in [0, 0.05) is 27.3 Å². The molecule has 0 aliphatic heterocycles. The van der Waals surface area contributed by atoms with E-state index in [0.717, 1.165) is 24.3 Å². The molecular formula is C23H16N2O12S3. The van der Waals surface area contributed by atoms with Gasteiger partial charge in [-0.3, -0.25) is 24.0 Å². The lowest BCUT2D eigenvalue weighted by Gasteiger charge is -2.15. The van der Waals surface area contributed by atoms with Crippen molar-refractivity contribution in [1.82, 2.24) is 0 Å². The van der Waals surface area contributed by atoms with E-state index in [4.69, 9.17) is 5.26 Å². The molecule has 1 amide bonds. The van der Waals surface area contributed by atoms with Crippen LogP contribution < -0.4 is 5.32 Å². The fourth-order valence-electron chi connectivity index (χ4n) is 3.90. The Morgan fingerprint density at radius 1 is 0.900 bits per heavy atom. The highest BCUT2D eigenvalue weighted by Gasteiger charge is 2.25. The number of hydrogen-bond acceptors (Lipinski definition) is 11. The van der Waals surface area contributed by atoms with E-state index in [1.165, 1.54) is 42.5 Å². The van der Waals surface area contributed by atoms with Gasteiger partial charge < -0.3 is 5.32 Å². The molecular weight excluding hydrogens is 592 g/mol. The second-order valence-electron chi connectivity index (χ2n) is 7.94. The number of carbonyl (C=O) groups is 1. The lowest BCUT2D eigenvalue weighted by atomic mass is 10.0. The van der Waals surface area contributed by atoms with E-state index in [1.54, 1.807) is 6.07 Å². The van der Waals surface area contributed by atoms with Gasteiger partial charge >= 0.3 is 0 Å². The fraction of sp³-hybridized carbons (Fsp3) is 0. The highest BCUT2D eigenvalue weighted by molar-refractivity contribution is 7.94. The average Bonchev–Trinajstić information content (AvgIpc) is 2.90. The lowest BCUT2D eigenvalue weighted by Crippen LogP contribution is -2.14. The summed E-state index contributed by atoms with van der Waals surface area (Å²) < 4.78 is 72.3. The molecule has 0 aliphatic rings. The van der Waals surface area contributed by atoms with Crippen LogP contribution in [0, 0.1) is 10.1 Å². The molecule has 0 radical (unpaired) electrons. The number of amides is 1. The SMILES string of the molecule is O=C(Nc1ccc(S(=O)(=O)O)c2cc(SOOO)cc(S(=O)(=O)O)c12)c1ccc(-c2ccccc2[N+](=O)[O-])cc1. The summed E-state index contributed by atoms with van der Waals surface area (Å²) in [5, 5.41) is 24.8. The van der Waals surface area contributed by atoms with Gasteiger partial charge in [-0.05, 0) is 48.0 Å². The number of nitrogens with zero attached hydrogens (tertiary/aromatic N) is 1. The summed E-state index contributed by atoms with van der Waals surface area (Å²) in [5.74, 6) is -0.785. The predicted molar refractivity (Wildman–Crippen MR) is 141 cm³/mol. The predicted octanol–water partition coefficient (Wildman–Crippen LogP) is 4.59. The van der Waals surface area contributed by atoms with E-state index in [0.29, 0.717) is 11.1 Å². The van der Waals surface area contributed by atoms with Gasteiger partial charge in [0.05, 0.1) is 28.2 Å². The minimum absolute atomic E-state index is 0.0448. The second-order valence-corrected chi connectivity index (χ2v) is 11.5. The minimum Gasteiger partial charge on any atom is -0.321 e. The first-order valence-corrected chi connectivity index (χ1v) is 14.3. The first-order chi connectivity index (χ1) is 18.8. The van der Waals surface area contributed by atoms with E-state index in [-0.39, 0.29) is 33.9 Å². The zero-order valence-corrected chi connectivity index (χ0v) is 22.1. The standard InChI is InChI=1S/C23H16N2O12S3/c26-23(14-7-5-13(6-8-14)16-3-1-2-4-19(16)25(27)28)24-18-9-10-20(39(30,31)32)17-11-15(38-37-36-29)12-21(22(17)18)40(33,34)35/h1-12,29H,(H,24,26)(H,30,31,32)(H,33,34,35). The highest BCUT2D eigenvalue weighted by Crippen LogP contribution is 2.38. The van der Waals surface area contributed by atoms with Gasteiger partial charge in [0.15, 0.2) is 0 Å². The first-order valence-electron chi connectivity index (χ1n) is 10.7. The number of nitro groups is 1. The van der Waals surface area contributed by atoms with Crippen LogP contribution in [0.15, 0.2) is 87.5 Å². The maximum Gasteiger partial charge on any atom is 0.295 e. The van der Waals surface area contributed by atoms with Crippen molar-refractivity contribution < 1.29 is 50.3 Å². The summed E-state index contributed by atoms with van der Waals surface area (Å²) in [6.07, 6.45) is 0. The zero-order chi connectivity index (χ0) is 29.2. The van der Waals surface area contributed by atoms with Crippen LogP contribution in [0.5, 0.6) is 0 Å². The van der Waals surface area contributed by atoms with Gasteiger partial charge in [0.2, 0.25) is 0 Å². The Morgan fingerprint density at radius 2 is 1.55 bits per heavy atom. The molecule has 0 aliphatic carbocycles. The largest absolute Gasteiger partial charge is 0.321 e. The van der Waals surface area contributed by atoms with Crippen molar-refractivity contribution in [3.63, 3.8) is 0 Å². The number of carbonyl (C=O) groups excluding carboxylic acids is 1. The van der Waals surface area contributed by atoms with Gasteiger partial charge in [0.25, 0.3) is 31.8 Å². The van der Waals surface area contributed by atoms with Gasteiger partial charge in [-0.15, -0.1) is 4.33 Å². The summed E-state index contributed by atoms with van der Waals surface area (Å²) in [4.78, 5) is 22.1. The quantitative estimate of drug-likeness (QED) is 0.0672. The maximum atomic E-state index is 13.1. The van der Waals surface area contributed by atoms with E-state index in [2.05, 4.69) is 14.7 Å². The molecule has 4 N–H and O–H groups in total. The van der Waals surface area contributed by atoms with Gasteiger partial charge in [-0.1, -0.05) is 29.3 Å².